The smallest absolute Gasteiger partial charge is 0.123 e. The maximum absolute atomic E-state index is 13.7. The Morgan fingerprint density at radius 2 is 1.68 bits per heavy atom. The van der Waals surface area contributed by atoms with Crippen LogP contribution in [-0.4, -0.2) is 13.1 Å². The molecule has 3 heteroatoms. The lowest BCUT2D eigenvalue weighted by Crippen LogP contribution is -2.40. The summed E-state index contributed by atoms with van der Waals surface area (Å²) in [4.78, 5) is 2.37. The number of benzene rings is 1. The molecular formula is C16H23FN2. The summed E-state index contributed by atoms with van der Waals surface area (Å²) in [5, 5.41) is 0. The highest BCUT2D eigenvalue weighted by Gasteiger charge is 2.33. The van der Waals surface area contributed by atoms with Crippen molar-refractivity contribution < 1.29 is 4.39 Å². The van der Waals surface area contributed by atoms with Gasteiger partial charge in [-0.15, -0.1) is 0 Å². The molecule has 0 unspecified atom stereocenters. The lowest BCUT2D eigenvalue weighted by molar-refractivity contribution is 0.301. The average molecular weight is 262 g/mol. The van der Waals surface area contributed by atoms with Gasteiger partial charge >= 0.3 is 0 Å². The zero-order valence-electron chi connectivity index (χ0n) is 11.5. The van der Waals surface area contributed by atoms with Gasteiger partial charge in [0.25, 0.3) is 0 Å². The van der Waals surface area contributed by atoms with Crippen LogP contribution in [0.15, 0.2) is 18.2 Å². The molecule has 1 saturated carbocycles. The van der Waals surface area contributed by atoms with Gasteiger partial charge in [-0.3, -0.25) is 0 Å². The number of hydrogen-bond donors (Lipinski definition) is 1. The van der Waals surface area contributed by atoms with Gasteiger partial charge in [0.15, 0.2) is 0 Å². The molecule has 1 heterocycles. The molecular weight excluding hydrogens is 239 g/mol. The van der Waals surface area contributed by atoms with Crippen LogP contribution >= 0.6 is 0 Å². The number of nitrogens with two attached hydrogens (primary N) is 1. The van der Waals surface area contributed by atoms with Crippen LogP contribution in [0, 0.1) is 5.82 Å². The molecule has 1 aromatic carbocycles. The second-order valence-electron chi connectivity index (χ2n) is 6.07. The Bertz CT molecular complexity index is 446. The van der Waals surface area contributed by atoms with Gasteiger partial charge in [0.1, 0.15) is 5.82 Å². The molecule has 2 N–H and O–H groups in total. The molecule has 2 aliphatic rings. The molecule has 0 radical (unpaired) electrons. The molecule has 0 amide bonds. The lowest BCUT2D eigenvalue weighted by Gasteiger charge is -2.37. The lowest BCUT2D eigenvalue weighted by atomic mass is 9.76. The summed E-state index contributed by atoms with van der Waals surface area (Å²) in [7, 11) is 0. The fraction of sp³-hybridized carbons (Fsp3) is 0.625. The van der Waals surface area contributed by atoms with Gasteiger partial charge in [-0.1, -0.05) is 19.3 Å². The van der Waals surface area contributed by atoms with E-state index in [0.29, 0.717) is 0 Å². The Hall–Kier alpha value is -1.09. The Labute approximate surface area is 114 Å². The standard InChI is InChI=1S/C16H23FN2/c17-13-6-7-15(19-10-4-5-11-19)14(12-13)16(18)8-2-1-3-9-16/h6-7,12H,1-5,8-11,18H2. The minimum absolute atomic E-state index is 0.159. The van der Waals surface area contributed by atoms with E-state index >= 15 is 0 Å². The summed E-state index contributed by atoms with van der Waals surface area (Å²) in [5.74, 6) is -0.159. The maximum atomic E-state index is 13.7. The zero-order chi connectivity index (χ0) is 13.3. The maximum Gasteiger partial charge on any atom is 0.123 e. The highest BCUT2D eigenvalue weighted by Crippen LogP contribution is 2.40. The third-order valence-corrected chi connectivity index (χ3v) is 4.69. The molecule has 0 spiro atoms. The molecule has 104 valence electrons. The predicted octanol–water partition coefficient (Wildman–Crippen LogP) is 3.54. The highest BCUT2D eigenvalue weighted by molar-refractivity contribution is 5.57. The Morgan fingerprint density at radius 1 is 1.00 bits per heavy atom. The van der Waals surface area contributed by atoms with Crippen LogP contribution in [-0.2, 0) is 5.54 Å². The van der Waals surface area contributed by atoms with Gasteiger partial charge in [0.05, 0.1) is 0 Å². The van der Waals surface area contributed by atoms with E-state index in [1.165, 1.54) is 24.9 Å². The second-order valence-corrected chi connectivity index (χ2v) is 6.07. The third kappa shape index (κ3) is 2.48. The third-order valence-electron chi connectivity index (χ3n) is 4.69. The summed E-state index contributed by atoms with van der Waals surface area (Å²) in [6, 6.07) is 5.18. The minimum atomic E-state index is -0.321. The van der Waals surface area contributed by atoms with Crippen LogP contribution < -0.4 is 10.6 Å². The van der Waals surface area contributed by atoms with Gasteiger partial charge in [-0.05, 0) is 49.4 Å². The number of nitrogens with zero attached hydrogens (tertiary/aromatic N) is 1. The Kier molecular flexibility index (Phi) is 3.48. The molecule has 2 nitrogen and oxygen atoms in total. The molecule has 2 fully saturated rings. The van der Waals surface area contributed by atoms with Crippen molar-refractivity contribution >= 4 is 5.69 Å². The minimum Gasteiger partial charge on any atom is -0.371 e. The Balaban J connectivity index is 1.99. The van der Waals surface area contributed by atoms with Crippen LogP contribution in [0.3, 0.4) is 0 Å². The zero-order valence-corrected chi connectivity index (χ0v) is 11.5. The van der Waals surface area contributed by atoms with Crippen LogP contribution in [0.25, 0.3) is 0 Å². The predicted molar refractivity (Wildman–Crippen MR) is 76.8 cm³/mol. The monoisotopic (exact) mass is 262 g/mol. The summed E-state index contributed by atoms with van der Waals surface area (Å²) < 4.78 is 13.7. The quantitative estimate of drug-likeness (QED) is 0.883. The van der Waals surface area contributed by atoms with E-state index in [9.17, 15) is 4.39 Å². The van der Waals surface area contributed by atoms with E-state index in [2.05, 4.69) is 4.90 Å². The molecule has 1 aliphatic heterocycles. The van der Waals surface area contributed by atoms with Crippen LogP contribution in [0.1, 0.15) is 50.5 Å². The van der Waals surface area contributed by atoms with E-state index in [1.807, 2.05) is 6.07 Å². The summed E-state index contributed by atoms with van der Waals surface area (Å²) in [5.41, 5.74) is 8.51. The number of halogens is 1. The van der Waals surface area contributed by atoms with Gasteiger partial charge < -0.3 is 10.6 Å². The van der Waals surface area contributed by atoms with Crippen molar-refractivity contribution in [2.45, 2.75) is 50.5 Å². The van der Waals surface area contributed by atoms with E-state index in [0.717, 1.165) is 44.3 Å². The largest absolute Gasteiger partial charge is 0.371 e. The van der Waals surface area contributed by atoms with Gasteiger partial charge in [-0.25, -0.2) is 4.39 Å². The van der Waals surface area contributed by atoms with Crippen molar-refractivity contribution in [1.29, 1.82) is 0 Å². The average Bonchev–Trinajstić information content (AvgIpc) is 2.93. The van der Waals surface area contributed by atoms with Crippen LogP contribution in [0.4, 0.5) is 10.1 Å². The molecule has 0 atom stereocenters. The first-order chi connectivity index (χ1) is 9.19. The van der Waals surface area contributed by atoms with E-state index in [4.69, 9.17) is 5.73 Å². The van der Waals surface area contributed by atoms with E-state index in [1.54, 1.807) is 12.1 Å². The van der Waals surface area contributed by atoms with Gasteiger partial charge in [0.2, 0.25) is 0 Å². The first-order valence-electron chi connectivity index (χ1n) is 7.53. The summed E-state index contributed by atoms with van der Waals surface area (Å²) >= 11 is 0. The normalized spacial score (nSPS) is 22.7. The van der Waals surface area contributed by atoms with E-state index in [-0.39, 0.29) is 11.4 Å². The van der Waals surface area contributed by atoms with Crippen molar-refractivity contribution in [3.63, 3.8) is 0 Å². The number of anilines is 1. The SMILES string of the molecule is NC1(c2cc(F)ccc2N2CCCC2)CCCCC1. The molecule has 3 rings (SSSR count). The van der Waals surface area contributed by atoms with E-state index < -0.39 is 0 Å². The number of hydrogen-bond acceptors (Lipinski definition) is 2. The van der Waals surface area contributed by atoms with Crippen molar-refractivity contribution in [2.24, 2.45) is 5.73 Å². The molecule has 1 aliphatic carbocycles. The molecule has 1 saturated heterocycles. The molecule has 0 aromatic heterocycles. The van der Waals surface area contributed by atoms with Gasteiger partial charge in [0, 0.05) is 24.3 Å². The molecule has 19 heavy (non-hydrogen) atoms. The van der Waals surface area contributed by atoms with Crippen molar-refractivity contribution in [2.75, 3.05) is 18.0 Å². The fourth-order valence-corrected chi connectivity index (χ4v) is 3.59. The fourth-order valence-electron chi connectivity index (χ4n) is 3.59. The second kappa shape index (κ2) is 5.12. The first-order valence-corrected chi connectivity index (χ1v) is 7.53. The molecule has 0 bridgehead atoms. The summed E-state index contributed by atoms with van der Waals surface area (Å²) in [6.07, 6.45) is 8.00. The topological polar surface area (TPSA) is 29.3 Å². The van der Waals surface area contributed by atoms with Crippen LogP contribution in [0.5, 0.6) is 0 Å². The van der Waals surface area contributed by atoms with Crippen LogP contribution in [0.2, 0.25) is 0 Å². The Morgan fingerprint density at radius 3 is 2.37 bits per heavy atom. The van der Waals surface area contributed by atoms with Crippen molar-refractivity contribution in [3.8, 4) is 0 Å². The van der Waals surface area contributed by atoms with Gasteiger partial charge in [-0.2, -0.15) is 0 Å². The first kappa shape index (κ1) is 12.9. The van der Waals surface area contributed by atoms with Crippen molar-refractivity contribution in [3.05, 3.63) is 29.6 Å². The highest BCUT2D eigenvalue weighted by atomic mass is 19.1. The summed E-state index contributed by atoms with van der Waals surface area (Å²) in [6.45, 7) is 2.16. The van der Waals surface area contributed by atoms with Crippen molar-refractivity contribution in [1.82, 2.24) is 0 Å². The number of rotatable bonds is 2. The molecule has 1 aromatic rings.